The van der Waals surface area contributed by atoms with Gasteiger partial charge in [-0.25, -0.2) is 0 Å². The fourth-order valence-electron chi connectivity index (χ4n) is 2.31. The van der Waals surface area contributed by atoms with Crippen LogP contribution in [0.5, 0.6) is 0 Å². The second-order valence-corrected chi connectivity index (χ2v) is 4.86. The van der Waals surface area contributed by atoms with Crippen molar-refractivity contribution < 1.29 is 23.9 Å². The van der Waals surface area contributed by atoms with Crippen molar-refractivity contribution in [3.05, 3.63) is 35.9 Å². The highest BCUT2D eigenvalue weighted by molar-refractivity contribution is 5.81. The number of esters is 2. The van der Waals surface area contributed by atoms with Gasteiger partial charge in [-0.2, -0.15) is 0 Å². The summed E-state index contributed by atoms with van der Waals surface area (Å²) in [6, 6.07) is 9.34. The predicted molar refractivity (Wildman–Crippen MR) is 72.7 cm³/mol. The predicted octanol–water partition coefficient (Wildman–Crippen LogP) is 1.24. The Labute approximate surface area is 122 Å². The molecule has 1 saturated heterocycles. The molecule has 112 valence electrons. The molecule has 0 aromatic heterocycles. The van der Waals surface area contributed by atoms with Gasteiger partial charge in [0.25, 0.3) is 0 Å². The van der Waals surface area contributed by atoms with Gasteiger partial charge in [0.1, 0.15) is 0 Å². The number of benzene rings is 1. The molecule has 0 spiro atoms. The first kappa shape index (κ1) is 15.0. The SMILES string of the molecule is CC(=O)O[C@H]1CC(=O)N(Cc2ccccc2)[C@H]1OC(C)=O. The van der Waals surface area contributed by atoms with Crippen LogP contribution >= 0.6 is 0 Å². The molecule has 1 heterocycles. The molecule has 1 aliphatic rings. The summed E-state index contributed by atoms with van der Waals surface area (Å²) in [6.07, 6.45) is -1.62. The molecule has 1 aromatic carbocycles. The highest BCUT2D eigenvalue weighted by atomic mass is 16.6. The minimum atomic E-state index is -0.876. The van der Waals surface area contributed by atoms with Crippen LogP contribution in [0.2, 0.25) is 0 Å². The van der Waals surface area contributed by atoms with Gasteiger partial charge >= 0.3 is 11.9 Å². The Morgan fingerprint density at radius 1 is 1.14 bits per heavy atom. The molecule has 1 amide bonds. The normalized spacial score (nSPS) is 21.2. The average molecular weight is 291 g/mol. The number of carbonyl (C=O) groups excluding carboxylic acids is 3. The zero-order valence-electron chi connectivity index (χ0n) is 11.9. The molecule has 0 aliphatic carbocycles. The van der Waals surface area contributed by atoms with Crippen molar-refractivity contribution in [3.8, 4) is 0 Å². The molecule has 0 N–H and O–H groups in total. The van der Waals surface area contributed by atoms with Gasteiger partial charge in [-0.3, -0.25) is 19.3 Å². The van der Waals surface area contributed by atoms with Gasteiger partial charge in [-0.15, -0.1) is 0 Å². The van der Waals surface area contributed by atoms with E-state index >= 15 is 0 Å². The van der Waals surface area contributed by atoms with Crippen molar-refractivity contribution in [2.75, 3.05) is 0 Å². The summed E-state index contributed by atoms with van der Waals surface area (Å²) in [6.45, 7) is 2.82. The molecule has 0 radical (unpaired) electrons. The van der Waals surface area contributed by atoms with E-state index in [-0.39, 0.29) is 12.3 Å². The quantitative estimate of drug-likeness (QED) is 0.780. The molecule has 0 unspecified atom stereocenters. The van der Waals surface area contributed by atoms with Crippen LogP contribution in [-0.2, 0) is 30.4 Å². The average Bonchev–Trinajstić information content (AvgIpc) is 2.67. The van der Waals surface area contributed by atoms with Gasteiger partial charge in [-0.05, 0) is 5.56 Å². The van der Waals surface area contributed by atoms with E-state index in [2.05, 4.69) is 0 Å². The smallest absolute Gasteiger partial charge is 0.304 e. The Bertz CT molecular complexity index is 542. The van der Waals surface area contributed by atoms with Gasteiger partial charge in [0.2, 0.25) is 12.1 Å². The molecular formula is C15H17NO5. The van der Waals surface area contributed by atoms with Gasteiger partial charge in [0, 0.05) is 20.4 Å². The zero-order chi connectivity index (χ0) is 15.4. The van der Waals surface area contributed by atoms with Gasteiger partial charge in [0.15, 0.2) is 6.10 Å². The van der Waals surface area contributed by atoms with Crippen LogP contribution < -0.4 is 0 Å². The van der Waals surface area contributed by atoms with Crippen molar-refractivity contribution in [3.63, 3.8) is 0 Å². The molecule has 2 rings (SSSR count). The lowest BCUT2D eigenvalue weighted by Gasteiger charge is -2.27. The van der Waals surface area contributed by atoms with E-state index in [1.54, 1.807) is 0 Å². The lowest BCUT2D eigenvalue weighted by atomic mass is 10.2. The fourth-order valence-corrected chi connectivity index (χ4v) is 2.31. The summed E-state index contributed by atoms with van der Waals surface area (Å²) in [7, 11) is 0. The highest BCUT2D eigenvalue weighted by Gasteiger charge is 2.44. The summed E-state index contributed by atoms with van der Waals surface area (Å²) in [5.74, 6) is -1.24. The first-order valence-corrected chi connectivity index (χ1v) is 6.65. The number of amides is 1. The molecule has 1 aromatic rings. The molecule has 21 heavy (non-hydrogen) atoms. The number of rotatable bonds is 4. The van der Waals surface area contributed by atoms with Crippen LogP contribution in [0.1, 0.15) is 25.8 Å². The summed E-state index contributed by atoms with van der Waals surface area (Å²) in [5.41, 5.74) is 0.909. The zero-order valence-corrected chi connectivity index (χ0v) is 11.9. The van der Waals surface area contributed by atoms with Crippen LogP contribution in [0.4, 0.5) is 0 Å². The monoisotopic (exact) mass is 291 g/mol. The molecule has 1 aliphatic heterocycles. The molecular weight excluding hydrogens is 274 g/mol. The van der Waals surface area contributed by atoms with E-state index < -0.39 is 24.3 Å². The number of carbonyl (C=O) groups is 3. The third kappa shape index (κ3) is 3.81. The van der Waals surface area contributed by atoms with Gasteiger partial charge in [0.05, 0.1) is 6.42 Å². The van der Waals surface area contributed by atoms with E-state index in [1.807, 2.05) is 30.3 Å². The third-order valence-corrected chi connectivity index (χ3v) is 3.12. The van der Waals surface area contributed by atoms with E-state index in [4.69, 9.17) is 9.47 Å². The maximum Gasteiger partial charge on any atom is 0.304 e. The van der Waals surface area contributed by atoms with Gasteiger partial charge in [-0.1, -0.05) is 30.3 Å². The lowest BCUT2D eigenvalue weighted by Crippen LogP contribution is -2.41. The second kappa shape index (κ2) is 6.39. The van der Waals surface area contributed by atoms with Crippen molar-refractivity contribution in [1.29, 1.82) is 0 Å². The Morgan fingerprint density at radius 2 is 1.76 bits per heavy atom. The Balaban J connectivity index is 2.18. The van der Waals surface area contributed by atoms with Crippen LogP contribution in [0, 0.1) is 0 Å². The molecule has 0 bridgehead atoms. The van der Waals surface area contributed by atoms with Crippen molar-refractivity contribution >= 4 is 17.8 Å². The van der Waals surface area contributed by atoms with E-state index in [0.29, 0.717) is 6.54 Å². The van der Waals surface area contributed by atoms with Crippen LogP contribution in [0.25, 0.3) is 0 Å². The van der Waals surface area contributed by atoms with Crippen molar-refractivity contribution in [2.24, 2.45) is 0 Å². The molecule has 0 saturated carbocycles. The number of likely N-dealkylation sites (tertiary alicyclic amines) is 1. The van der Waals surface area contributed by atoms with E-state index in [1.165, 1.54) is 18.7 Å². The number of hydrogen-bond acceptors (Lipinski definition) is 5. The Morgan fingerprint density at radius 3 is 2.33 bits per heavy atom. The molecule has 2 atom stereocenters. The maximum absolute atomic E-state index is 12.1. The first-order chi connectivity index (χ1) is 9.97. The topological polar surface area (TPSA) is 72.9 Å². The minimum absolute atomic E-state index is 0.0182. The van der Waals surface area contributed by atoms with Crippen molar-refractivity contribution in [2.45, 2.75) is 39.1 Å². The molecule has 6 heteroatoms. The number of nitrogens with zero attached hydrogens (tertiary/aromatic N) is 1. The standard InChI is InChI=1S/C15H17NO5/c1-10(17)20-13-8-14(19)16(15(13)21-11(2)18)9-12-6-4-3-5-7-12/h3-7,13,15H,8-9H2,1-2H3/t13-,15-/m0/s1. The van der Waals surface area contributed by atoms with Crippen LogP contribution in [-0.4, -0.2) is 35.1 Å². The van der Waals surface area contributed by atoms with Crippen molar-refractivity contribution in [1.82, 2.24) is 4.90 Å². The molecule has 6 nitrogen and oxygen atoms in total. The summed E-state index contributed by atoms with van der Waals surface area (Å²) in [4.78, 5) is 35.9. The highest BCUT2D eigenvalue weighted by Crippen LogP contribution is 2.25. The lowest BCUT2D eigenvalue weighted by molar-refractivity contribution is -0.174. The van der Waals surface area contributed by atoms with E-state index in [9.17, 15) is 14.4 Å². The molecule has 1 fully saturated rings. The van der Waals surface area contributed by atoms with Crippen LogP contribution in [0.3, 0.4) is 0 Å². The largest absolute Gasteiger partial charge is 0.456 e. The second-order valence-electron chi connectivity index (χ2n) is 4.86. The summed E-state index contributed by atoms with van der Waals surface area (Å²) in [5, 5.41) is 0. The number of ether oxygens (including phenoxy) is 2. The van der Waals surface area contributed by atoms with Gasteiger partial charge < -0.3 is 9.47 Å². The minimum Gasteiger partial charge on any atom is -0.456 e. The van der Waals surface area contributed by atoms with Crippen LogP contribution in [0.15, 0.2) is 30.3 Å². The Hall–Kier alpha value is -2.37. The van der Waals surface area contributed by atoms with E-state index in [0.717, 1.165) is 5.56 Å². The third-order valence-electron chi connectivity index (χ3n) is 3.12. The maximum atomic E-state index is 12.1. The summed E-state index contributed by atoms with van der Waals surface area (Å²) < 4.78 is 10.3. The summed E-state index contributed by atoms with van der Waals surface area (Å²) >= 11 is 0. The fraction of sp³-hybridized carbons (Fsp3) is 0.400. The number of hydrogen-bond donors (Lipinski definition) is 0. The Kier molecular flexibility index (Phi) is 4.57. The first-order valence-electron chi connectivity index (χ1n) is 6.65.